The number of thioether (sulfide) groups is 1. The van der Waals surface area contributed by atoms with Crippen LogP contribution < -0.4 is 4.74 Å². The van der Waals surface area contributed by atoms with E-state index in [-0.39, 0.29) is 5.25 Å². The molecule has 0 bridgehead atoms. The van der Waals surface area contributed by atoms with Crippen molar-refractivity contribution in [2.24, 2.45) is 0 Å². The van der Waals surface area contributed by atoms with Gasteiger partial charge in [0.05, 0.1) is 22.9 Å². The lowest BCUT2D eigenvalue weighted by atomic mass is 10.1. The van der Waals surface area contributed by atoms with Crippen molar-refractivity contribution < 1.29 is 4.74 Å². The fourth-order valence-corrected chi connectivity index (χ4v) is 5.34. The third kappa shape index (κ3) is 5.18. The number of nitrogens with zero attached hydrogens (tertiary/aromatic N) is 2. The molecule has 1 unspecified atom stereocenters. The topological polar surface area (TPSA) is 27.1 Å². The Balaban J connectivity index is 1.45. The van der Waals surface area contributed by atoms with E-state index in [1.807, 2.05) is 23.9 Å². The van der Waals surface area contributed by atoms with E-state index in [0.29, 0.717) is 6.61 Å². The summed E-state index contributed by atoms with van der Waals surface area (Å²) < 4.78 is 8.42. The number of hydrogen-bond acceptors (Lipinski definition) is 3. The van der Waals surface area contributed by atoms with E-state index in [9.17, 15) is 0 Å². The molecule has 0 aliphatic rings. The quantitative estimate of drug-likeness (QED) is 0.165. The molecule has 0 spiro atoms. The molecule has 0 aliphatic heterocycles. The van der Waals surface area contributed by atoms with Crippen LogP contribution in [-0.2, 0) is 6.54 Å². The van der Waals surface area contributed by atoms with E-state index >= 15 is 0 Å². The molecule has 0 N–H and O–H groups in total. The highest BCUT2D eigenvalue weighted by Gasteiger charge is 2.23. The monoisotopic (exact) mass is 464 g/mol. The maximum Gasteiger partial charge on any atom is 0.127 e. The van der Waals surface area contributed by atoms with Gasteiger partial charge in [-0.05, 0) is 60.9 Å². The number of rotatable bonds is 9. The largest absolute Gasteiger partial charge is 0.494 e. The minimum absolute atomic E-state index is 0.0914. The molecule has 3 nitrogen and oxygen atoms in total. The van der Waals surface area contributed by atoms with Crippen LogP contribution in [0.25, 0.3) is 11.0 Å². The molecule has 0 radical (unpaired) electrons. The fraction of sp³-hybridized carbons (Fsp3) is 0.167. The Morgan fingerprint density at radius 3 is 2.35 bits per heavy atom. The molecule has 1 heterocycles. The molecular weight excluding hydrogens is 436 g/mol. The number of para-hydroxylation sites is 2. The average molecular weight is 465 g/mol. The molecule has 4 heteroatoms. The molecule has 0 fully saturated rings. The molecule has 0 saturated carbocycles. The van der Waals surface area contributed by atoms with Gasteiger partial charge in [-0.2, -0.15) is 0 Å². The first-order chi connectivity index (χ1) is 16.8. The van der Waals surface area contributed by atoms with Gasteiger partial charge in [-0.25, -0.2) is 4.98 Å². The fourth-order valence-electron chi connectivity index (χ4n) is 4.18. The summed E-state index contributed by atoms with van der Waals surface area (Å²) in [6.45, 7) is 3.60. The number of aryl methyl sites for hydroxylation is 2. The van der Waals surface area contributed by atoms with E-state index in [4.69, 9.17) is 9.72 Å². The smallest absolute Gasteiger partial charge is 0.127 e. The van der Waals surface area contributed by atoms with Gasteiger partial charge >= 0.3 is 0 Å². The van der Waals surface area contributed by atoms with Gasteiger partial charge < -0.3 is 9.30 Å². The summed E-state index contributed by atoms with van der Waals surface area (Å²) in [4.78, 5) is 6.37. The van der Waals surface area contributed by atoms with Crippen molar-refractivity contribution in [2.45, 2.75) is 30.0 Å². The van der Waals surface area contributed by atoms with Crippen LogP contribution in [-0.4, -0.2) is 16.2 Å². The lowest BCUT2D eigenvalue weighted by Gasteiger charge is -2.19. The number of aromatic nitrogens is 2. The molecule has 0 saturated heterocycles. The molecular formula is C30H28N2OS. The Morgan fingerprint density at radius 1 is 0.824 bits per heavy atom. The van der Waals surface area contributed by atoms with Crippen molar-refractivity contribution in [2.75, 3.05) is 6.61 Å². The van der Waals surface area contributed by atoms with Crippen molar-refractivity contribution in [3.63, 3.8) is 0 Å². The Hall–Kier alpha value is -3.50. The van der Waals surface area contributed by atoms with Gasteiger partial charge in [0.15, 0.2) is 0 Å². The molecule has 1 aromatic heterocycles. The van der Waals surface area contributed by atoms with Crippen LogP contribution in [0.3, 0.4) is 0 Å². The van der Waals surface area contributed by atoms with Crippen LogP contribution >= 0.6 is 11.8 Å². The lowest BCUT2D eigenvalue weighted by Crippen LogP contribution is -2.11. The van der Waals surface area contributed by atoms with Crippen LogP contribution in [0.4, 0.5) is 0 Å². The first-order valence-electron chi connectivity index (χ1n) is 11.7. The second-order valence-electron chi connectivity index (χ2n) is 8.35. The highest BCUT2D eigenvalue weighted by Crippen LogP contribution is 2.41. The van der Waals surface area contributed by atoms with E-state index in [2.05, 4.69) is 109 Å². The first kappa shape index (κ1) is 22.3. The van der Waals surface area contributed by atoms with Gasteiger partial charge in [-0.3, -0.25) is 0 Å². The Kier molecular flexibility index (Phi) is 6.97. The first-order valence-corrected chi connectivity index (χ1v) is 12.6. The maximum absolute atomic E-state index is 6.04. The number of imidazole rings is 1. The molecule has 4 aromatic carbocycles. The van der Waals surface area contributed by atoms with Gasteiger partial charge in [0.25, 0.3) is 0 Å². The third-order valence-corrected chi connectivity index (χ3v) is 7.07. The standard InChI is InChI=1S/C30H28N2OS/c1-23-12-10-15-25(22-23)33-21-11-20-32-28-19-9-8-18-27(28)31-30(32)29(24-13-4-2-5-14-24)34-26-16-6-3-7-17-26/h2-10,12-19,22,29H,11,20-21H2,1H3. The molecule has 5 rings (SSSR count). The maximum atomic E-state index is 6.04. The minimum Gasteiger partial charge on any atom is -0.494 e. The van der Waals surface area contributed by atoms with Crippen molar-refractivity contribution in [3.05, 3.63) is 126 Å². The van der Waals surface area contributed by atoms with Crippen LogP contribution in [0.2, 0.25) is 0 Å². The summed E-state index contributed by atoms with van der Waals surface area (Å²) in [5.41, 5.74) is 4.67. The van der Waals surface area contributed by atoms with Gasteiger partial charge in [0.2, 0.25) is 0 Å². The van der Waals surface area contributed by atoms with E-state index in [1.54, 1.807) is 0 Å². The van der Waals surface area contributed by atoms with Gasteiger partial charge in [-0.1, -0.05) is 72.8 Å². The predicted molar refractivity (Wildman–Crippen MR) is 142 cm³/mol. The van der Waals surface area contributed by atoms with Gasteiger partial charge in [0, 0.05) is 11.4 Å². The van der Waals surface area contributed by atoms with Crippen molar-refractivity contribution in [1.82, 2.24) is 9.55 Å². The van der Waals surface area contributed by atoms with Crippen molar-refractivity contribution >= 4 is 22.8 Å². The zero-order valence-electron chi connectivity index (χ0n) is 19.3. The summed E-state index contributed by atoms with van der Waals surface area (Å²) in [5.74, 6) is 2.01. The van der Waals surface area contributed by atoms with Gasteiger partial charge in [-0.15, -0.1) is 11.8 Å². The molecule has 5 aromatic rings. The number of ether oxygens (including phenoxy) is 1. The number of benzene rings is 4. The highest BCUT2D eigenvalue weighted by atomic mass is 32.2. The highest BCUT2D eigenvalue weighted by molar-refractivity contribution is 7.99. The molecule has 170 valence electrons. The van der Waals surface area contributed by atoms with Crippen molar-refractivity contribution in [1.29, 1.82) is 0 Å². The summed E-state index contributed by atoms with van der Waals surface area (Å²) in [6, 6.07) is 37.9. The molecule has 1 atom stereocenters. The van der Waals surface area contributed by atoms with Crippen molar-refractivity contribution in [3.8, 4) is 5.75 Å². The molecule has 34 heavy (non-hydrogen) atoms. The third-order valence-electron chi connectivity index (χ3n) is 5.80. The number of fused-ring (bicyclic) bond motifs is 1. The Bertz CT molecular complexity index is 1350. The second kappa shape index (κ2) is 10.6. The summed E-state index contributed by atoms with van der Waals surface area (Å²) in [6.07, 6.45) is 0.902. The average Bonchev–Trinajstić information content (AvgIpc) is 3.24. The normalized spacial score (nSPS) is 12.0. The minimum atomic E-state index is 0.0914. The van der Waals surface area contributed by atoms with Crippen LogP contribution in [0.15, 0.2) is 114 Å². The summed E-state index contributed by atoms with van der Waals surface area (Å²) >= 11 is 1.85. The number of hydrogen-bond donors (Lipinski definition) is 0. The van der Waals surface area contributed by atoms with E-state index in [0.717, 1.165) is 30.1 Å². The summed E-state index contributed by atoms with van der Waals surface area (Å²) in [7, 11) is 0. The lowest BCUT2D eigenvalue weighted by molar-refractivity contribution is 0.301. The van der Waals surface area contributed by atoms with Crippen LogP contribution in [0.5, 0.6) is 5.75 Å². The van der Waals surface area contributed by atoms with E-state index in [1.165, 1.54) is 21.5 Å². The Morgan fingerprint density at radius 2 is 1.56 bits per heavy atom. The van der Waals surface area contributed by atoms with Crippen LogP contribution in [0, 0.1) is 6.92 Å². The predicted octanol–water partition coefficient (Wildman–Crippen LogP) is 7.70. The molecule has 0 aliphatic carbocycles. The molecule has 0 amide bonds. The van der Waals surface area contributed by atoms with Gasteiger partial charge in [0.1, 0.15) is 11.6 Å². The SMILES string of the molecule is Cc1cccc(OCCCn2c(C(Sc3ccccc3)c3ccccc3)nc3ccccc32)c1. The summed E-state index contributed by atoms with van der Waals surface area (Å²) in [5, 5.41) is 0.0914. The second-order valence-corrected chi connectivity index (χ2v) is 9.53. The van der Waals surface area contributed by atoms with E-state index < -0.39 is 0 Å². The Labute approximate surface area is 205 Å². The zero-order chi connectivity index (χ0) is 23.2. The van der Waals surface area contributed by atoms with Crippen LogP contribution in [0.1, 0.15) is 28.6 Å². The zero-order valence-corrected chi connectivity index (χ0v) is 20.1.